The van der Waals surface area contributed by atoms with E-state index >= 15 is 0 Å². The molecule has 0 aliphatic heterocycles. The lowest BCUT2D eigenvalue weighted by atomic mass is 10.1. The zero-order valence-electron chi connectivity index (χ0n) is 12.0. The molecule has 1 N–H and O–H groups in total. The molecule has 112 valence electrons. The van der Waals surface area contributed by atoms with Crippen LogP contribution in [0.4, 0.5) is 15.8 Å². The zero-order chi connectivity index (χ0) is 15.7. The molecule has 22 heavy (non-hydrogen) atoms. The van der Waals surface area contributed by atoms with E-state index in [1.54, 1.807) is 6.07 Å². The van der Waals surface area contributed by atoms with E-state index in [0.717, 1.165) is 12.0 Å². The van der Waals surface area contributed by atoms with E-state index in [2.05, 4.69) is 10.3 Å². The summed E-state index contributed by atoms with van der Waals surface area (Å²) in [5.74, 6) is -1.33. The van der Waals surface area contributed by atoms with Crippen molar-refractivity contribution in [1.82, 2.24) is 4.98 Å². The third-order valence-corrected chi connectivity index (χ3v) is 3.37. The number of aromatic nitrogens is 1. The normalized spacial score (nSPS) is 10.7. The van der Waals surface area contributed by atoms with Gasteiger partial charge >= 0.3 is 5.97 Å². The number of ether oxygens (including phenoxy) is 1. The fraction of sp³-hybridized carbons (Fsp3) is 0.125. The van der Waals surface area contributed by atoms with Crippen molar-refractivity contribution in [3.05, 3.63) is 53.7 Å². The number of aryl methyl sites for hydroxylation is 1. The highest BCUT2D eigenvalue weighted by Gasteiger charge is 2.22. The number of anilines is 2. The zero-order valence-corrected chi connectivity index (χ0v) is 12.0. The Morgan fingerprint density at radius 1 is 1.36 bits per heavy atom. The van der Waals surface area contributed by atoms with Crippen molar-refractivity contribution in [2.24, 2.45) is 0 Å². The summed E-state index contributed by atoms with van der Waals surface area (Å²) < 4.78 is 24.4. The summed E-state index contributed by atoms with van der Waals surface area (Å²) in [4.78, 5) is 15.8. The largest absolute Gasteiger partial charge is 0.465 e. The van der Waals surface area contributed by atoms with Gasteiger partial charge in [-0.05, 0) is 24.6 Å². The Morgan fingerprint density at radius 3 is 2.86 bits per heavy atom. The van der Waals surface area contributed by atoms with Crippen LogP contribution in [0.1, 0.15) is 15.9 Å². The number of nitrogens with zero attached hydrogens (tertiary/aromatic N) is 1. The second-order valence-corrected chi connectivity index (χ2v) is 4.75. The third kappa shape index (κ3) is 2.28. The summed E-state index contributed by atoms with van der Waals surface area (Å²) in [5.41, 5.74) is 1.91. The summed E-state index contributed by atoms with van der Waals surface area (Å²) in [6, 6.07) is 8.80. The minimum absolute atomic E-state index is 0.00500. The molecule has 5 nitrogen and oxygen atoms in total. The maximum absolute atomic E-state index is 14.7. The van der Waals surface area contributed by atoms with Crippen molar-refractivity contribution in [3.63, 3.8) is 0 Å². The van der Waals surface area contributed by atoms with E-state index in [0.29, 0.717) is 5.69 Å². The van der Waals surface area contributed by atoms with Gasteiger partial charge in [0.15, 0.2) is 17.8 Å². The SMILES string of the molecule is COC(=O)c1cc2ncoc2c(F)c1Nc1ccccc1C. The molecule has 0 unspecified atom stereocenters. The van der Waals surface area contributed by atoms with Crippen LogP contribution in [0.5, 0.6) is 0 Å². The number of carbonyl (C=O) groups is 1. The van der Waals surface area contributed by atoms with Crippen LogP contribution in [0.25, 0.3) is 11.1 Å². The molecule has 1 aromatic heterocycles. The average molecular weight is 300 g/mol. The van der Waals surface area contributed by atoms with Crippen LogP contribution in [0.15, 0.2) is 41.1 Å². The first kappa shape index (κ1) is 14.1. The molecule has 0 saturated carbocycles. The van der Waals surface area contributed by atoms with E-state index in [-0.39, 0.29) is 22.4 Å². The van der Waals surface area contributed by atoms with Crippen LogP contribution in [-0.2, 0) is 4.74 Å². The highest BCUT2D eigenvalue weighted by Crippen LogP contribution is 2.32. The first-order chi connectivity index (χ1) is 10.6. The molecule has 0 spiro atoms. The minimum Gasteiger partial charge on any atom is -0.465 e. The average Bonchev–Trinajstić information content (AvgIpc) is 2.99. The van der Waals surface area contributed by atoms with Gasteiger partial charge in [-0.15, -0.1) is 0 Å². The minimum atomic E-state index is -0.682. The van der Waals surface area contributed by atoms with Gasteiger partial charge in [0.2, 0.25) is 0 Å². The van der Waals surface area contributed by atoms with Crippen LogP contribution in [0.3, 0.4) is 0 Å². The Kier molecular flexibility index (Phi) is 3.50. The van der Waals surface area contributed by atoms with E-state index < -0.39 is 11.8 Å². The van der Waals surface area contributed by atoms with E-state index in [9.17, 15) is 9.18 Å². The first-order valence-electron chi connectivity index (χ1n) is 6.58. The number of nitrogens with one attached hydrogen (secondary N) is 1. The molecule has 0 atom stereocenters. The summed E-state index contributed by atoms with van der Waals surface area (Å²) in [5, 5.41) is 2.94. The molecule has 0 fully saturated rings. The fourth-order valence-corrected chi connectivity index (χ4v) is 2.20. The molecule has 0 amide bonds. The van der Waals surface area contributed by atoms with Gasteiger partial charge in [0.25, 0.3) is 0 Å². The topological polar surface area (TPSA) is 64.4 Å². The number of oxazole rings is 1. The molecule has 0 bridgehead atoms. The Bertz CT molecular complexity index is 858. The lowest BCUT2D eigenvalue weighted by Crippen LogP contribution is -2.08. The number of halogens is 1. The van der Waals surface area contributed by atoms with Gasteiger partial charge in [-0.3, -0.25) is 0 Å². The molecule has 3 rings (SSSR count). The summed E-state index contributed by atoms with van der Waals surface area (Å²) in [6.07, 6.45) is 1.13. The number of carbonyl (C=O) groups excluding carboxylic acids is 1. The quantitative estimate of drug-likeness (QED) is 0.745. The Hall–Kier alpha value is -2.89. The molecule has 0 aliphatic carbocycles. The van der Waals surface area contributed by atoms with Crippen molar-refractivity contribution < 1.29 is 18.3 Å². The van der Waals surface area contributed by atoms with E-state index in [4.69, 9.17) is 9.15 Å². The number of rotatable bonds is 3. The van der Waals surface area contributed by atoms with Gasteiger partial charge in [0, 0.05) is 5.69 Å². The van der Waals surface area contributed by atoms with Crippen molar-refractivity contribution in [2.45, 2.75) is 6.92 Å². The number of hydrogen-bond donors (Lipinski definition) is 1. The number of benzene rings is 2. The fourth-order valence-electron chi connectivity index (χ4n) is 2.20. The van der Waals surface area contributed by atoms with Crippen molar-refractivity contribution in [2.75, 3.05) is 12.4 Å². The summed E-state index contributed by atoms with van der Waals surface area (Å²) in [7, 11) is 1.24. The first-order valence-corrected chi connectivity index (χ1v) is 6.58. The lowest BCUT2D eigenvalue weighted by molar-refractivity contribution is 0.0601. The highest BCUT2D eigenvalue weighted by molar-refractivity contribution is 6.01. The second-order valence-electron chi connectivity index (χ2n) is 4.75. The Balaban J connectivity index is 2.19. The van der Waals surface area contributed by atoms with Gasteiger partial charge < -0.3 is 14.5 Å². The monoisotopic (exact) mass is 300 g/mol. The van der Waals surface area contributed by atoms with Crippen LogP contribution >= 0.6 is 0 Å². The van der Waals surface area contributed by atoms with Gasteiger partial charge in [0.1, 0.15) is 5.52 Å². The van der Waals surface area contributed by atoms with E-state index in [1.165, 1.54) is 13.2 Å². The Labute approximate surface area is 125 Å². The van der Waals surface area contributed by atoms with Crippen LogP contribution in [0, 0.1) is 12.7 Å². The number of fused-ring (bicyclic) bond motifs is 1. The van der Waals surface area contributed by atoms with Crippen molar-refractivity contribution in [1.29, 1.82) is 0 Å². The number of hydrogen-bond acceptors (Lipinski definition) is 5. The van der Waals surface area contributed by atoms with Gasteiger partial charge in [-0.2, -0.15) is 0 Å². The molecule has 0 aliphatic rings. The van der Waals surface area contributed by atoms with Crippen LogP contribution < -0.4 is 5.32 Å². The predicted octanol–water partition coefficient (Wildman–Crippen LogP) is 3.81. The third-order valence-electron chi connectivity index (χ3n) is 3.37. The van der Waals surface area contributed by atoms with Crippen molar-refractivity contribution >= 4 is 28.4 Å². The highest BCUT2D eigenvalue weighted by atomic mass is 19.1. The number of esters is 1. The smallest absolute Gasteiger partial charge is 0.340 e. The van der Waals surface area contributed by atoms with E-state index in [1.807, 2.05) is 25.1 Å². The van der Waals surface area contributed by atoms with Crippen LogP contribution in [0.2, 0.25) is 0 Å². The predicted molar refractivity (Wildman–Crippen MR) is 79.8 cm³/mol. The van der Waals surface area contributed by atoms with Gasteiger partial charge in [0.05, 0.1) is 18.4 Å². The number of methoxy groups -OCH3 is 1. The summed E-state index contributed by atoms with van der Waals surface area (Å²) >= 11 is 0. The molecule has 2 aromatic carbocycles. The molecule has 1 heterocycles. The van der Waals surface area contributed by atoms with Crippen LogP contribution in [-0.4, -0.2) is 18.1 Å². The lowest BCUT2D eigenvalue weighted by Gasteiger charge is -2.13. The molecular weight excluding hydrogens is 287 g/mol. The summed E-state index contributed by atoms with van der Waals surface area (Å²) in [6.45, 7) is 1.88. The molecule has 3 aromatic rings. The van der Waals surface area contributed by atoms with Gasteiger partial charge in [-0.1, -0.05) is 18.2 Å². The maximum atomic E-state index is 14.7. The molecule has 6 heteroatoms. The number of para-hydroxylation sites is 1. The van der Waals surface area contributed by atoms with Gasteiger partial charge in [-0.25, -0.2) is 14.2 Å². The standard InChI is InChI=1S/C16H13FN2O3/c1-9-5-3-4-6-11(9)19-14-10(16(20)21-2)7-12-15(13(14)17)22-8-18-12/h3-8,19H,1-2H3. The Morgan fingerprint density at radius 2 is 2.14 bits per heavy atom. The molecule has 0 saturated heterocycles. The maximum Gasteiger partial charge on any atom is 0.340 e. The second kappa shape index (κ2) is 5.48. The molecule has 0 radical (unpaired) electrons. The van der Waals surface area contributed by atoms with Crippen molar-refractivity contribution in [3.8, 4) is 0 Å². The molecular formula is C16H13FN2O3.